The Balaban J connectivity index is 2.85. The van der Waals surface area contributed by atoms with Gasteiger partial charge in [0.25, 0.3) is 0 Å². The van der Waals surface area contributed by atoms with Crippen LogP contribution in [0.4, 0.5) is 10.5 Å². The summed E-state index contributed by atoms with van der Waals surface area (Å²) in [6.07, 6.45) is -0.0811. The summed E-state index contributed by atoms with van der Waals surface area (Å²) in [5.74, 6) is -0.921. The maximum Gasteiger partial charge on any atom is 0.322 e. The zero-order valence-electron chi connectivity index (χ0n) is 12.7. The summed E-state index contributed by atoms with van der Waals surface area (Å²) in [5.41, 5.74) is 1.29. The number of aliphatic carboxylic acids is 1. The Morgan fingerprint density at radius 2 is 1.95 bits per heavy atom. The fourth-order valence-electron chi connectivity index (χ4n) is 1.81. The summed E-state index contributed by atoms with van der Waals surface area (Å²) in [5, 5.41) is 11.6. The van der Waals surface area contributed by atoms with E-state index in [0.29, 0.717) is 5.69 Å². The number of carbonyl (C=O) groups excluding carboxylic acids is 1. The van der Waals surface area contributed by atoms with E-state index in [4.69, 9.17) is 5.11 Å². The minimum Gasteiger partial charge on any atom is -0.481 e. The second-order valence-electron chi connectivity index (χ2n) is 5.86. The van der Waals surface area contributed by atoms with Crippen LogP contribution in [0.2, 0.25) is 0 Å². The lowest BCUT2D eigenvalue weighted by Crippen LogP contribution is -2.48. The Hall–Kier alpha value is -1.56. The second-order valence-corrected chi connectivity index (χ2v) is 6.71. The van der Waals surface area contributed by atoms with Gasteiger partial charge in [-0.05, 0) is 45.4 Å². The Kier molecular flexibility index (Phi) is 5.78. The number of urea groups is 1. The van der Waals surface area contributed by atoms with Gasteiger partial charge >= 0.3 is 12.0 Å². The van der Waals surface area contributed by atoms with Crippen LogP contribution in [0.1, 0.15) is 32.8 Å². The predicted octanol–water partition coefficient (Wildman–Crippen LogP) is 3.86. The first-order valence-corrected chi connectivity index (χ1v) is 7.47. The molecule has 0 fully saturated rings. The summed E-state index contributed by atoms with van der Waals surface area (Å²) in [4.78, 5) is 24.6. The highest BCUT2D eigenvalue weighted by Crippen LogP contribution is 2.22. The Bertz CT molecular complexity index is 538. The molecule has 1 rings (SSSR count). The molecule has 0 saturated heterocycles. The molecule has 0 heterocycles. The Morgan fingerprint density at radius 1 is 1.33 bits per heavy atom. The fraction of sp³-hybridized carbons (Fsp3) is 0.467. The largest absolute Gasteiger partial charge is 0.481 e. The molecule has 0 aliphatic carbocycles. The number of carboxylic acids is 1. The van der Waals surface area contributed by atoms with Gasteiger partial charge in [-0.1, -0.05) is 22.0 Å². The van der Waals surface area contributed by atoms with Gasteiger partial charge in [-0.2, -0.15) is 0 Å². The highest BCUT2D eigenvalue weighted by Gasteiger charge is 2.26. The minimum absolute atomic E-state index is 0.0811. The summed E-state index contributed by atoms with van der Waals surface area (Å²) < 4.78 is 0.910. The van der Waals surface area contributed by atoms with Crippen LogP contribution in [-0.2, 0) is 4.79 Å². The highest BCUT2D eigenvalue weighted by molar-refractivity contribution is 9.10. The van der Waals surface area contributed by atoms with Crippen LogP contribution < -0.4 is 5.32 Å². The average Bonchev–Trinajstić information content (AvgIpc) is 2.32. The summed E-state index contributed by atoms with van der Waals surface area (Å²) >= 11 is 3.42. The van der Waals surface area contributed by atoms with Gasteiger partial charge in [0.15, 0.2) is 0 Å². The molecule has 1 aromatic rings. The normalized spacial score (nSPS) is 11.1. The van der Waals surface area contributed by atoms with E-state index < -0.39 is 11.5 Å². The third kappa shape index (κ3) is 5.38. The Morgan fingerprint density at radius 3 is 2.43 bits per heavy atom. The van der Waals surface area contributed by atoms with Crippen molar-refractivity contribution in [1.29, 1.82) is 0 Å². The minimum atomic E-state index is -0.921. The van der Waals surface area contributed by atoms with Gasteiger partial charge in [0.05, 0.1) is 6.42 Å². The molecular weight excluding hydrogens is 336 g/mol. The third-order valence-corrected chi connectivity index (χ3v) is 3.88. The average molecular weight is 357 g/mol. The lowest BCUT2D eigenvalue weighted by Gasteiger charge is -2.35. The first-order chi connectivity index (χ1) is 9.61. The molecular formula is C15H21BrN2O3. The van der Waals surface area contributed by atoms with Crippen molar-refractivity contribution in [3.63, 3.8) is 0 Å². The van der Waals surface area contributed by atoms with Crippen LogP contribution in [0.15, 0.2) is 22.7 Å². The lowest BCUT2D eigenvalue weighted by molar-refractivity contribution is -0.137. The Labute approximate surface area is 133 Å². The number of carbonyl (C=O) groups is 2. The summed E-state index contributed by atoms with van der Waals surface area (Å²) in [7, 11) is 0. The van der Waals surface area contributed by atoms with E-state index >= 15 is 0 Å². The van der Waals surface area contributed by atoms with Crippen molar-refractivity contribution in [2.24, 2.45) is 0 Å². The van der Waals surface area contributed by atoms with E-state index in [-0.39, 0.29) is 19.0 Å². The molecule has 0 saturated carbocycles. The molecule has 0 bridgehead atoms. The van der Waals surface area contributed by atoms with Gasteiger partial charge < -0.3 is 15.3 Å². The maximum absolute atomic E-state index is 12.4. The lowest BCUT2D eigenvalue weighted by atomic mass is 10.1. The quantitative estimate of drug-likeness (QED) is 0.860. The molecule has 0 unspecified atom stereocenters. The molecule has 0 aliphatic rings. The van der Waals surface area contributed by atoms with Crippen LogP contribution in [0, 0.1) is 6.92 Å². The molecule has 0 aliphatic heterocycles. The second kappa shape index (κ2) is 6.93. The highest BCUT2D eigenvalue weighted by atomic mass is 79.9. The summed E-state index contributed by atoms with van der Waals surface area (Å²) in [6, 6.07) is 5.24. The smallest absolute Gasteiger partial charge is 0.322 e. The third-order valence-electron chi connectivity index (χ3n) is 3.03. The van der Waals surface area contributed by atoms with Crippen molar-refractivity contribution >= 4 is 33.6 Å². The molecule has 6 heteroatoms. The van der Waals surface area contributed by atoms with Crippen molar-refractivity contribution in [1.82, 2.24) is 4.90 Å². The number of aryl methyl sites for hydroxylation is 1. The van der Waals surface area contributed by atoms with Crippen LogP contribution in [-0.4, -0.2) is 34.1 Å². The number of hydrogen-bond acceptors (Lipinski definition) is 2. The molecule has 5 nitrogen and oxygen atoms in total. The maximum atomic E-state index is 12.4. The number of anilines is 1. The van der Waals surface area contributed by atoms with Crippen LogP contribution in [0.5, 0.6) is 0 Å². The van der Waals surface area contributed by atoms with E-state index in [2.05, 4.69) is 21.2 Å². The molecule has 0 radical (unpaired) electrons. The number of halogens is 1. The standard InChI is InChI=1S/C15H21BrN2O3/c1-10-5-6-11(9-12(10)16)17-14(21)18(15(2,3)4)8-7-13(19)20/h5-6,9H,7-8H2,1-4H3,(H,17,21)(H,19,20). The number of nitrogens with one attached hydrogen (secondary N) is 1. The zero-order chi connectivity index (χ0) is 16.2. The fourth-order valence-corrected chi connectivity index (χ4v) is 2.19. The number of nitrogens with zero attached hydrogens (tertiary/aromatic N) is 1. The van der Waals surface area contributed by atoms with Gasteiger partial charge in [0, 0.05) is 22.2 Å². The van der Waals surface area contributed by atoms with Gasteiger partial charge in [-0.3, -0.25) is 4.79 Å². The molecule has 0 atom stereocenters. The molecule has 21 heavy (non-hydrogen) atoms. The first-order valence-electron chi connectivity index (χ1n) is 6.68. The van der Waals surface area contributed by atoms with E-state index in [9.17, 15) is 9.59 Å². The number of rotatable bonds is 4. The molecule has 0 spiro atoms. The van der Waals surface area contributed by atoms with Gasteiger partial charge in [-0.25, -0.2) is 4.79 Å². The SMILES string of the molecule is Cc1ccc(NC(=O)N(CCC(=O)O)C(C)(C)C)cc1Br. The van der Waals surface area contributed by atoms with E-state index in [1.807, 2.05) is 45.9 Å². The number of carboxylic acid groups (broad SMARTS) is 1. The van der Waals surface area contributed by atoms with Gasteiger partial charge in [0.2, 0.25) is 0 Å². The number of amides is 2. The van der Waals surface area contributed by atoms with Crippen LogP contribution in [0.25, 0.3) is 0 Å². The van der Waals surface area contributed by atoms with E-state index in [1.165, 1.54) is 4.90 Å². The first kappa shape index (κ1) is 17.5. The van der Waals surface area contributed by atoms with Crippen LogP contribution in [0.3, 0.4) is 0 Å². The number of benzene rings is 1. The zero-order valence-corrected chi connectivity index (χ0v) is 14.3. The van der Waals surface area contributed by atoms with E-state index in [0.717, 1.165) is 10.0 Å². The van der Waals surface area contributed by atoms with Crippen LogP contribution >= 0.6 is 15.9 Å². The molecule has 2 amide bonds. The monoisotopic (exact) mass is 356 g/mol. The predicted molar refractivity (Wildman–Crippen MR) is 86.6 cm³/mol. The summed E-state index contributed by atoms with van der Waals surface area (Å²) in [6.45, 7) is 7.75. The van der Waals surface area contributed by atoms with E-state index in [1.54, 1.807) is 0 Å². The van der Waals surface area contributed by atoms with Crippen molar-refractivity contribution in [2.75, 3.05) is 11.9 Å². The van der Waals surface area contributed by atoms with Crippen molar-refractivity contribution in [2.45, 2.75) is 39.7 Å². The molecule has 116 valence electrons. The molecule has 0 aromatic heterocycles. The molecule has 1 aromatic carbocycles. The molecule has 2 N–H and O–H groups in total. The van der Waals surface area contributed by atoms with Gasteiger partial charge in [0.1, 0.15) is 0 Å². The van der Waals surface area contributed by atoms with Crippen molar-refractivity contribution in [3.05, 3.63) is 28.2 Å². The topological polar surface area (TPSA) is 69.6 Å². The van der Waals surface area contributed by atoms with Crippen molar-refractivity contribution < 1.29 is 14.7 Å². The van der Waals surface area contributed by atoms with Crippen molar-refractivity contribution in [3.8, 4) is 0 Å². The number of hydrogen-bond donors (Lipinski definition) is 2. The van der Waals surface area contributed by atoms with Gasteiger partial charge in [-0.15, -0.1) is 0 Å².